The Kier molecular flexibility index (Phi) is 6.61. The van der Waals surface area contributed by atoms with E-state index in [1.807, 2.05) is 32.1 Å². The number of nitrogens with zero attached hydrogens (tertiary/aromatic N) is 1. The van der Waals surface area contributed by atoms with E-state index in [9.17, 15) is 14.4 Å². The van der Waals surface area contributed by atoms with E-state index in [2.05, 4.69) is 10.6 Å². The molecule has 1 saturated heterocycles. The van der Waals surface area contributed by atoms with Gasteiger partial charge in [0, 0.05) is 13.1 Å². The van der Waals surface area contributed by atoms with Gasteiger partial charge in [0.1, 0.15) is 12.1 Å². The fraction of sp³-hybridized carbons (Fsp3) is 0.611. The van der Waals surface area contributed by atoms with Gasteiger partial charge in [0.05, 0.1) is 0 Å². The molecule has 0 aromatic heterocycles. The number of carbonyl (C=O) groups is 3. The summed E-state index contributed by atoms with van der Waals surface area (Å²) in [6.07, 6.45) is 9.41. The molecule has 25 heavy (non-hydrogen) atoms. The number of urea groups is 2. The highest BCUT2D eigenvalue weighted by Gasteiger charge is 2.44. The molecule has 0 unspecified atom stereocenters. The van der Waals surface area contributed by atoms with Gasteiger partial charge in [-0.15, -0.1) is 0 Å². The minimum atomic E-state index is -1.05. The number of amides is 4. The second kappa shape index (κ2) is 8.69. The first kappa shape index (κ1) is 19.0. The Morgan fingerprint density at radius 3 is 2.56 bits per heavy atom. The third-order valence-electron chi connectivity index (χ3n) is 4.67. The molecule has 0 radical (unpaired) electrons. The minimum absolute atomic E-state index is 0.168. The van der Waals surface area contributed by atoms with E-state index in [0.717, 1.165) is 29.7 Å². The van der Waals surface area contributed by atoms with Crippen LogP contribution in [0.15, 0.2) is 23.8 Å². The Bertz CT molecular complexity index is 577. The van der Waals surface area contributed by atoms with Gasteiger partial charge in [-0.25, -0.2) is 19.3 Å². The van der Waals surface area contributed by atoms with Crippen LogP contribution in [0.4, 0.5) is 9.59 Å². The predicted octanol–water partition coefficient (Wildman–Crippen LogP) is 2.49. The summed E-state index contributed by atoms with van der Waals surface area (Å²) in [5.74, 6) is -0.427. The highest BCUT2D eigenvalue weighted by atomic mass is 16.5. The number of ether oxygens (including phenoxy) is 1. The van der Waals surface area contributed by atoms with Crippen molar-refractivity contribution in [2.75, 3.05) is 19.7 Å². The molecule has 2 rings (SSSR count). The van der Waals surface area contributed by atoms with Gasteiger partial charge in [0.2, 0.25) is 0 Å². The molecule has 0 spiro atoms. The topological polar surface area (TPSA) is 87.7 Å². The molecule has 138 valence electrons. The van der Waals surface area contributed by atoms with Crippen molar-refractivity contribution in [1.82, 2.24) is 15.5 Å². The van der Waals surface area contributed by atoms with Crippen molar-refractivity contribution in [2.45, 2.75) is 51.5 Å². The summed E-state index contributed by atoms with van der Waals surface area (Å²) < 4.78 is 5.49. The largest absolute Gasteiger partial charge is 0.459 e. The van der Waals surface area contributed by atoms with Crippen LogP contribution in [0, 0.1) is 0 Å². The molecule has 1 aliphatic heterocycles. The third kappa shape index (κ3) is 4.61. The summed E-state index contributed by atoms with van der Waals surface area (Å²) in [5, 5.41) is 5.38. The van der Waals surface area contributed by atoms with Gasteiger partial charge >= 0.3 is 18.0 Å². The van der Waals surface area contributed by atoms with E-state index < -0.39 is 23.6 Å². The number of hydrogen-bond acceptors (Lipinski definition) is 4. The Balaban J connectivity index is 2.07. The summed E-state index contributed by atoms with van der Waals surface area (Å²) in [6.45, 7) is 4.68. The smallest absolute Gasteiger partial charge is 0.332 e. The maximum Gasteiger partial charge on any atom is 0.332 e. The molecule has 2 fully saturated rings. The fourth-order valence-corrected chi connectivity index (χ4v) is 3.20. The quantitative estimate of drug-likeness (QED) is 0.590. The molecule has 4 amide bonds. The van der Waals surface area contributed by atoms with E-state index in [4.69, 9.17) is 4.74 Å². The first-order chi connectivity index (χ1) is 12.0. The molecular weight excluding hydrogens is 322 g/mol. The average molecular weight is 349 g/mol. The minimum Gasteiger partial charge on any atom is -0.459 e. The lowest BCUT2D eigenvalue weighted by Gasteiger charge is -2.36. The van der Waals surface area contributed by atoms with Crippen molar-refractivity contribution < 1.29 is 19.1 Å². The number of allylic oxidation sites excluding steroid dienone is 2. The second-order valence-corrected chi connectivity index (χ2v) is 6.40. The van der Waals surface area contributed by atoms with Crippen molar-refractivity contribution in [1.29, 1.82) is 0 Å². The maximum absolute atomic E-state index is 12.8. The van der Waals surface area contributed by atoms with Crippen LogP contribution in [0.1, 0.15) is 46.0 Å². The Labute approximate surface area is 148 Å². The molecular formula is C18H27N3O4. The lowest BCUT2D eigenvalue weighted by atomic mass is 9.81. The third-order valence-corrected chi connectivity index (χ3v) is 4.67. The number of imide groups is 1. The van der Waals surface area contributed by atoms with Crippen LogP contribution in [0.5, 0.6) is 0 Å². The zero-order chi connectivity index (χ0) is 18.3. The zero-order valence-corrected chi connectivity index (χ0v) is 15.0. The standard InChI is InChI=1S/C18H27N3O4/c1-3-8-14(4-2)13-25-15(22)18(9-6-5-7-10-18)20-17(24)21-12-11-19-16(21)23/h3-4,8H,5-7,9-13H2,1-2H3,(H,19,23)(H,20,24)/b8-3-,14-4+. The normalized spacial score (nSPS) is 20.5. The van der Waals surface area contributed by atoms with E-state index in [-0.39, 0.29) is 6.61 Å². The molecule has 1 saturated carbocycles. The number of rotatable bonds is 5. The summed E-state index contributed by atoms with van der Waals surface area (Å²) in [7, 11) is 0. The number of carbonyl (C=O) groups excluding carboxylic acids is 3. The monoisotopic (exact) mass is 349 g/mol. The van der Waals surface area contributed by atoms with Crippen LogP contribution in [-0.2, 0) is 9.53 Å². The van der Waals surface area contributed by atoms with Crippen molar-refractivity contribution in [2.24, 2.45) is 0 Å². The second-order valence-electron chi connectivity index (χ2n) is 6.40. The summed E-state index contributed by atoms with van der Waals surface area (Å²) in [6, 6.07) is -0.963. The van der Waals surface area contributed by atoms with Gasteiger partial charge in [0.15, 0.2) is 0 Å². The molecule has 7 nitrogen and oxygen atoms in total. The first-order valence-electron chi connectivity index (χ1n) is 8.85. The van der Waals surface area contributed by atoms with Gasteiger partial charge in [0.25, 0.3) is 0 Å². The molecule has 2 aliphatic rings. The van der Waals surface area contributed by atoms with Gasteiger partial charge in [-0.1, -0.05) is 37.5 Å². The van der Waals surface area contributed by atoms with E-state index in [1.54, 1.807) is 0 Å². The Morgan fingerprint density at radius 1 is 1.28 bits per heavy atom. The van der Waals surface area contributed by atoms with Crippen molar-refractivity contribution in [3.63, 3.8) is 0 Å². The first-order valence-corrected chi connectivity index (χ1v) is 8.85. The molecule has 7 heteroatoms. The number of nitrogens with one attached hydrogen (secondary N) is 2. The highest BCUT2D eigenvalue weighted by Crippen LogP contribution is 2.30. The predicted molar refractivity (Wildman–Crippen MR) is 94.0 cm³/mol. The molecule has 0 aromatic rings. The van der Waals surface area contributed by atoms with E-state index in [1.165, 1.54) is 0 Å². The summed E-state index contributed by atoms with van der Waals surface area (Å²) >= 11 is 0. The average Bonchev–Trinajstić information content (AvgIpc) is 3.05. The van der Waals surface area contributed by atoms with E-state index >= 15 is 0 Å². The van der Waals surface area contributed by atoms with Crippen molar-refractivity contribution in [3.8, 4) is 0 Å². The molecule has 2 N–H and O–H groups in total. The maximum atomic E-state index is 12.8. The van der Waals surface area contributed by atoms with Gasteiger partial charge in [-0.3, -0.25) is 0 Å². The SMILES string of the molecule is C/C=C\C(=C/C)COC(=O)C1(NC(=O)N2CCNC2=O)CCCCC1. The lowest BCUT2D eigenvalue weighted by Crippen LogP contribution is -2.59. The van der Waals surface area contributed by atoms with Gasteiger partial charge in [-0.05, 0) is 32.3 Å². The molecule has 1 heterocycles. The van der Waals surface area contributed by atoms with Gasteiger partial charge < -0.3 is 15.4 Å². The van der Waals surface area contributed by atoms with Crippen LogP contribution in [0.25, 0.3) is 0 Å². The fourth-order valence-electron chi connectivity index (χ4n) is 3.20. The Hall–Kier alpha value is -2.31. The molecule has 0 aromatic carbocycles. The number of hydrogen-bond donors (Lipinski definition) is 2. The van der Waals surface area contributed by atoms with Crippen molar-refractivity contribution >= 4 is 18.0 Å². The summed E-state index contributed by atoms with van der Waals surface area (Å²) in [4.78, 5) is 38.0. The highest BCUT2D eigenvalue weighted by molar-refractivity contribution is 5.97. The van der Waals surface area contributed by atoms with Crippen molar-refractivity contribution in [3.05, 3.63) is 23.8 Å². The zero-order valence-electron chi connectivity index (χ0n) is 15.0. The van der Waals surface area contributed by atoms with Crippen LogP contribution in [0.2, 0.25) is 0 Å². The van der Waals surface area contributed by atoms with Crippen LogP contribution >= 0.6 is 0 Å². The Morgan fingerprint density at radius 2 is 2.00 bits per heavy atom. The van der Waals surface area contributed by atoms with Gasteiger partial charge in [-0.2, -0.15) is 0 Å². The number of esters is 1. The van der Waals surface area contributed by atoms with Crippen LogP contribution < -0.4 is 10.6 Å². The van der Waals surface area contributed by atoms with E-state index in [0.29, 0.717) is 25.9 Å². The molecule has 1 aliphatic carbocycles. The summed E-state index contributed by atoms with van der Waals surface area (Å²) in [5.41, 5.74) is -0.153. The van der Waals surface area contributed by atoms with Crippen LogP contribution in [0.3, 0.4) is 0 Å². The molecule has 0 atom stereocenters. The molecule has 0 bridgehead atoms. The van der Waals surface area contributed by atoms with Crippen LogP contribution in [-0.4, -0.2) is 48.2 Å². The lowest BCUT2D eigenvalue weighted by molar-refractivity contribution is -0.151.